The number of β-amino-alcohol motifs (C(OH)–C–C–N with tert-alkyl or cyclic N) is 1. The predicted octanol–water partition coefficient (Wildman–Crippen LogP) is 1.14. The third-order valence-corrected chi connectivity index (χ3v) is 2.92. The molecule has 0 aromatic carbocycles. The number of nitrogens with zero attached hydrogens (tertiary/aromatic N) is 3. The van der Waals surface area contributed by atoms with Crippen LogP contribution in [0.3, 0.4) is 0 Å². The monoisotopic (exact) mass is 217 g/mol. The molecular formula is C12H15N3O. The first-order valence-electron chi connectivity index (χ1n) is 5.43. The van der Waals surface area contributed by atoms with Gasteiger partial charge in [-0.1, -0.05) is 0 Å². The second-order valence-electron chi connectivity index (χ2n) is 4.24. The lowest BCUT2D eigenvalue weighted by molar-refractivity contribution is 0.198. The third kappa shape index (κ3) is 1.86. The molecule has 0 saturated carbocycles. The van der Waals surface area contributed by atoms with Crippen molar-refractivity contribution in [1.82, 2.24) is 4.98 Å². The number of anilines is 1. The minimum Gasteiger partial charge on any atom is -0.391 e. The molecular weight excluding hydrogens is 202 g/mol. The van der Waals surface area contributed by atoms with Crippen LogP contribution >= 0.6 is 0 Å². The van der Waals surface area contributed by atoms with Gasteiger partial charge in [0, 0.05) is 18.8 Å². The maximum absolute atomic E-state index is 9.52. The molecule has 1 atom stereocenters. The zero-order valence-corrected chi connectivity index (χ0v) is 9.56. The minimum absolute atomic E-state index is 0.277. The Morgan fingerprint density at radius 2 is 2.31 bits per heavy atom. The molecule has 0 bridgehead atoms. The van der Waals surface area contributed by atoms with Crippen molar-refractivity contribution in [2.75, 3.05) is 18.0 Å². The summed E-state index contributed by atoms with van der Waals surface area (Å²) >= 11 is 0. The summed E-state index contributed by atoms with van der Waals surface area (Å²) in [7, 11) is 0. The quantitative estimate of drug-likeness (QED) is 0.766. The van der Waals surface area contributed by atoms with Gasteiger partial charge in [-0.3, -0.25) is 4.98 Å². The highest BCUT2D eigenvalue weighted by molar-refractivity contribution is 5.62. The Hall–Kier alpha value is -1.60. The van der Waals surface area contributed by atoms with Crippen molar-refractivity contribution in [2.24, 2.45) is 0 Å². The van der Waals surface area contributed by atoms with E-state index < -0.39 is 0 Å². The molecule has 0 aliphatic carbocycles. The molecule has 84 valence electrons. The van der Waals surface area contributed by atoms with Crippen molar-refractivity contribution >= 4 is 5.69 Å². The number of nitriles is 1. The molecule has 1 N–H and O–H groups in total. The van der Waals surface area contributed by atoms with Gasteiger partial charge in [0.2, 0.25) is 0 Å². The Balaban J connectivity index is 2.43. The maximum atomic E-state index is 9.52. The van der Waals surface area contributed by atoms with E-state index in [2.05, 4.69) is 16.0 Å². The fourth-order valence-corrected chi connectivity index (χ4v) is 2.16. The molecule has 16 heavy (non-hydrogen) atoms. The smallest absolute Gasteiger partial charge is 0.103 e. The fraction of sp³-hybridized carbons (Fsp3) is 0.500. The molecule has 1 aromatic heterocycles. The van der Waals surface area contributed by atoms with E-state index in [1.54, 1.807) is 0 Å². The zero-order valence-electron chi connectivity index (χ0n) is 9.56. The highest BCUT2D eigenvalue weighted by Crippen LogP contribution is 2.26. The van der Waals surface area contributed by atoms with Gasteiger partial charge in [0.15, 0.2) is 0 Å². The van der Waals surface area contributed by atoms with Crippen molar-refractivity contribution < 1.29 is 5.11 Å². The van der Waals surface area contributed by atoms with Gasteiger partial charge >= 0.3 is 0 Å². The third-order valence-electron chi connectivity index (χ3n) is 2.92. The number of aliphatic hydroxyl groups is 1. The molecule has 2 heterocycles. The standard InChI is InChI=1S/C12H15N3O/c1-8-5-12(11(6-13)9(2)14-8)15-4-3-10(16)7-15/h5,10,16H,3-4,7H2,1-2H3/t10-/m0/s1. The van der Waals surface area contributed by atoms with Crippen LogP contribution in [0.1, 0.15) is 23.4 Å². The van der Waals surface area contributed by atoms with E-state index in [9.17, 15) is 5.11 Å². The molecule has 4 nitrogen and oxygen atoms in total. The van der Waals surface area contributed by atoms with E-state index in [1.807, 2.05) is 19.9 Å². The van der Waals surface area contributed by atoms with E-state index in [0.29, 0.717) is 12.1 Å². The number of rotatable bonds is 1. The molecule has 0 unspecified atom stereocenters. The van der Waals surface area contributed by atoms with Gasteiger partial charge in [-0.25, -0.2) is 0 Å². The topological polar surface area (TPSA) is 60.1 Å². The molecule has 1 saturated heterocycles. The molecule has 1 fully saturated rings. The van der Waals surface area contributed by atoms with E-state index in [4.69, 9.17) is 5.26 Å². The summed E-state index contributed by atoms with van der Waals surface area (Å²) in [6, 6.07) is 4.12. The van der Waals surface area contributed by atoms with Gasteiger partial charge in [-0.05, 0) is 26.3 Å². The Kier molecular flexibility index (Phi) is 2.80. The number of aliphatic hydroxyl groups excluding tert-OH is 1. The first kappa shape index (κ1) is 10.9. The van der Waals surface area contributed by atoms with Crippen molar-refractivity contribution in [3.63, 3.8) is 0 Å². The van der Waals surface area contributed by atoms with Crippen LogP contribution in [-0.4, -0.2) is 29.3 Å². The number of hydrogen-bond acceptors (Lipinski definition) is 4. The average Bonchev–Trinajstić information content (AvgIpc) is 2.63. The highest BCUT2D eigenvalue weighted by Gasteiger charge is 2.23. The summed E-state index contributed by atoms with van der Waals surface area (Å²) in [5.41, 5.74) is 3.20. The Morgan fingerprint density at radius 3 is 2.88 bits per heavy atom. The first-order chi connectivity index (χ1) is 7.61. The molecule has 0 amide bonds. The number of aryl methyl sites for hydroxylation is 2. The minimum atomic E-state index is -0.277. The summed E-state index contributed by atoms with van der Waals surface area (Å²) < 4.78 is 0. The van der Waals surface area contributed by atoms with Crippen LogP contribution in [0.5, 0.6) is 0 Å². The molecule has 0 spiro atoms. The van der Waals surface area contributed by atoms with Crippen molar-refractivity contribution in [2.45, 2.75) is 26.4 Å². The van der Waals surface area contributed by atoms with Gasteiger partial charge in [0.05, 0.1) is 23.0 Å². The summed E-state index contributed by atoms with van der Waals surface area (Å²) in [4.78, 5) is 6.34. The van der Waals surface area contributed by atoms with Gasteiger partial charge in [-0.2, -0.15) is 5.26 Å². The zero-order chi connectivity index (χ0) is 11.7. The normalized spacial score (nSPS) is 19.9. The number of pyridine rings is 1. The van der Waals surface area contributed by atoms with Crippen LogP contribution in [0.2, 0.25) is 0 Å². The Morgan fingerprint density at radius 1 is 1.56 bits per heavy atom. The van der Waals surface area contributed by atoms with Crippen LogP contribution in [0, 0.1) is 25.2 Å². The molecule has 1 aliphatic rings. The SMILES string of the molecule is Cc1cc(N2CC[C@H](O)C2)c(C#N)c(C)n1. The number of aromatic nitrogens is 1. The molecule has 1 aliphatic heterocycles. The van der Waals surface area contributed by atoms with E-state index >= 15 is 0 Å². The summed E-state index contributed by atoms with van der Waals surface area (Å²) in [6.07, 6.45) is 0.492. The summed E-state index contributed by atoms with van der Waals surface area (Å²) in [6.45, 7) is 5.18. The van der Waals surface area contributed by atoms with Crippen LogP contribution in [0.15, 0.2) is 6.07 Å². The fourth-order valence-electron chi connectivity index (χ4n) is 2.16. The number of hydrogen-bond donors (Lipinski definition) is 1. The van der Waals surface area contributed by atoms with E-state index in [1.165, 1.54) is 0 Å². The van der Waals surface area contributed by atoms with Crippen LogP contribution in [0.25, 0.3) is 0 Å². The average molecular weight is 217 g/mol. The summed E-state index contributed by atoms with van der Waals surface area (Å²) in [5, 5.41) is 18.7. The van der Waals surface area contributed by atoms with Gasteiger partial charge in [-0.15, -0.1) is 0 Å². The van der Waals surface area contributed by atoms with E-state index in [-0.39, 0.29) is 6.10 Å². The lowest BCUT2D eigenvalue weighted by Gasteiger charge is -2.20. The van der Waals surface area contributed by atoms with Crippen LogP contribution < -0.4 is 4.90 Å². The van der Waals surface area contributed by atoms with Crippen molar-refractivity contribution in [3.8, 4) is 6.07 Å². The van der Waals surface area contributed by atoms with Gasteiger partial charge < -0.3 is 10.0 Å². The van der Waals surface area contributed by atoms with Crippen LogP contribution in [-0.2, 0) is 0 Å². The first-order valence-corrected chi connectivity index (χ1v) is 5.43. The molecule has 2 rings (SSSR count). The summed E-state index contributed by atoms with van der Waals surface area (Å²) in [5.74, 6) is 0. The van der Waals surface area contributed by atoms with Gasteiger partial charge in [0.1, 0.15) is 6.07 Å². The van der Waals surface area contributed by atoms with Crippen molar-refractivity contribution in [3.05, 3.63) is 23.0 Å². The van der Waals surface area contributed by atoms with Gasteiger partial charge in [0.25, 0.3) is 0 Å². The van der Waals surface area contributed by atoms with Crippen molar-refractivity contribution in [1.29, 1.82) is 5.26 Å². The molecule has 1 aromatic rings. The Bertz CT molecular complexity index is 450. The predicted molar refractivity (Wildman–Crippen MR) is 61.3 cm³/mol. The maximum Gasteiger partial charge on any atom is 0.103 e. The Labute approximate surface area is 95.1 Å². The van der Waals surface area contributed by atoms with Crippen LogP contribution in [0.4, 0.5) is 5.69 Å². The second kappa shape index (κ2) is 4.11. The molecule has 0 radical (unpaired) electrons. The lowest BCUT2D eigenvalue weighted by atomic mass is 10.1. The van der Waals surface area contributed by atoms with E-state index in [0.717, 1.165) is 30.0 Å². The lowest BCUT2D eigenvalue weighted by Crippen LogP contribution is -2.22. The second-order valence-corrected chi connectivity index (χ2v) is 4.24. The highest BCUT2D eigenvalue weighted by atomic mass is 16.3. The molecule has 4 heteroatoms. The largest absolute Gasteiger partial charge is 0.391 e.